The Labute approximate surface area is 193 Å². The van der Waals surface area contributed by atoms with Crippen LogP contribution in [0.25, 0.3) is 0 Å². The Morgan fingerprint density at radius 3 is 2.77 bits per heavy atom. The SMILES string of the molecule is CSc1sc(C)cc1C1C(C#N)=C(N)N(c2cc(C)ccc2Br)C2=C1C(=O)CCC2. The number of nitrogens with two attached hydrogens (primary N) is 1. The van der Waals surface area contributed by atoms with Gasteiger partial charge >= 0.3 is 0 Å². The first kappa shape index (κ1) is 21.2. The monoisotopic (exact) mass is 499 g/mol. The van der Waals surface area contributed by atoms with E-state index in [0.29, 0.717) is 17.8 Å². The third-order valence-electron chi connectivity index (χ3n) is 5.60. The molecule has 1 aromatic heterocycles. The van der Waals surface area contributed by atoms with Crippen molar-refractivity contribution in [2.45, 2.75) is 43.2 Å². The van der Waals surface area contributed by atoms with Crippen LogP contribution in [0.2, 0.25) is 0 Å². The molecule has 1 atom stereocenters. The summed E-state index contributed by atoms with van der Waals surface area (Å²) in [5, 5.41) is 10.2. The Kier molecular flexibility index (Phi) is 5.84. The second-order valence-electron chi connectivity index (χ2n) is 7.58. The summed E-state index contributed by atoms with van der Waals surface area (Å²) in [4.78, 5) is 16.3. The van der Waals surface area contributed by atoms with Gasteiger partial charge in [0.2, 0.25) is 0 Å². The minimum absolute atomic E-state index is 0.117. The summed E-state index contributed by atoms with van der Waals surface area (Å²) in [7, 11) is 0. The van der Waals surface area contributed by atoms with Gasteiger partial charge in [0, 0.05) is 27.0 Å². The molecule has 0 spiro atoms. The lowest BCUT2D eigenvalue weighted by Crippen LogP contribution is -2.39. The number of hydrogen-bond acceptors (Lipinski definition) is 6. The number of hydrogen-bond donors (Lipinski definition) is 1. The normalized spacial score (nSPS) is 19.2. The Hall–Kier alpha value is -2.01. The maximum Gasteiger partial charge on any atom is 0.161 e. The van der Waals surface area contributed by atoms with Gasteiger partial charge in [0.15, 0.2) is 5.78 Å². The fraction of sp³-hybridized carbons (Fsp3) is 0.304. The Morgan fingerprint density at radius 2 is 2.07 bits per heavy atom. The highest BCUT2D eigenvalue weighted by Crippen LogP contribution is 2.50. The minimum Gasteiger partial charge on any atom is -0.384 e. The van der Waals surface area contributed by atoms with Crippen molar-refractivity contribution in [2.24, 2.45) is 5.73 Å². The first-order chi connectivity index (χ1) is 14.4. The van der Waals surface area contributed by atoms with Gasteiger partial charge in [0.1, 0.15) is 5.82 Å². The topological polar surface area (TPSA) is 70.1 Å². The summed E-state index contributed by atoms with van der Waals surface area (Å²) >= 11 is 7.00. The average molecular weight is 500 g/mol. The zero-order valence-electron chi connectivity index (χ0n) is 17.1. The van der Waals surface area contributed by atoms with E-state index < -0.39 is 5.92 Å². The maximum absolute atomic E-state index is 13.2. The molecule has 154 valence electrons. The van der Waals surface area contributed by atoms with Gasteiger partial charge in [-0.25, -0.2) is 0 Å². The molecule has 1 unspecified atom stereocenters. The predicted molar refractivity (Wildman–Crippen MR) is 128 cm³/mol. The molecule has 2 heterocycles. The van der Waals surface area contributed by atoms with E-state index in [2.05, 4.69) is 35.0 Å². The summed E-state index contributed by atoms with van der Waals surface area (Å²) in [6.07, 6.45) is 4.09. The molecule has 30 heavy (non-hydrogen) atoms. The maximum atomic E-state index is 13.2. The highest BCUT2D eigenvalue weighted by Gasteiger charge is 2.41. The molecule has 1 aliphatic heterocycles. The van der Waals surface area contributed by atoms with E-state index >= 15 is 0 Å². The number of carbonyl (C=O) groups excluding carboxylic acids is 1. The van der Waals surface area contributed by atoms with E-state index in [9.17, 15) is 10.1 Å². The van der Waals surface area contributed by atoms with Crippen molar-refractivity contribution in [3.63, 3.8) is 0 Å². The number of allylic oxidation sites excluding steroid dienone is 3. The molecule has 0 saturated heterocycles. The highest BCUT2D eigenvalue weighted by atomic mass is 79.9. The first-order valence-electron chi connectivity index (χ1n) is 9.74. The smallest absolute Gasteiger partial charge is 0.161 e. The number of benzene rings is 1. The number of rotatable bonds is 3. The first-order valence-corrected chi connectivity index (χ1v) is 12.6. The third kappa shape index (κ3) is 3.41. The summed E-state index contributed by atoms with van der Waals surface area (Å²) in [6, 6.07) is 10.5. The van der Waals surface area contributed by atoms with Crippen LogP contribution < -0.4 is 10.6 Å². The molecule has 0 saturated carbocycles. The van der Waals surface area contributed by atoms with Crippen molar-refractivity contribution in [3.05, 3.63) is 67.4 Å². The highest BCUT2D eigenvalue weighted by molar-refractivity contribution is 9.10. The van der Waals surface area contributed by atoms with Gasteiger partial charge in [-0.3, -0.25) is 9.69 Å². The van der Waals surface area contributed by atoms with Crippen LogP contribution in [0.5, 0.6) is 0 Å². The number of thiophene rings is 1. The lowest BCUT2D eigenvalue weighted by Gasteiger charge is -2.40. The number of thioether (sulfide) groups is 1. The number of nitrogens with zero attached hydrogens (tertiary/aromatic N) is 2. The number of carbonyl (C=O) groups is 1. The van der Waals surface area contributed by atoms with Gasteiger partial charge in [-0.05, 0) is 78.2 Å². The van der Waals surface area contributed by atoms with Gasteiger partial charge < -0.3 is 5.73 Å². The second-order valence-corrected chi connectivity index (χ2v) is 10.8. The molecule has 0 bridgehead atoms. The molecule has 1 aromatic carbocycles. The number of Topliss-reactive ketones (excluding diaryl/α,β-unsaturated/α-hetero) is 1. The third-order valence-corrected chi connectivity index (χ3v) is 8.49. The average Bonchev–Trinajstić information content (AvgIpc) is 3.10. The minimum atomic E-state index is -0.398. The van der Waals surface area contributed by atoms with Gasteiger partial charge in [-0.2, -0.15) is 5.26 Å². The van der Waals surface area contributed by atoms with Crippen molar-refractivity contribution in [3.8, 4) is 6.07 Å². The second kappa shape index (κ2) is 8.26. The fourth-order valence-corrected chi connectivity index (χ4v) is 6.68. The van der Waals surface area contributed by atoms with E-state index in [1.165, 1.54) is 4.88 Å². The van der Waals surface area contributed by atoms with Crippen LogP contribution in [0.15, 0.2) is 55.6 Å². The molecule has 2 aromatic rings. The molecule has 0 fully saturated rings. The number of nitriles is 1. The standard InChI is InChI=1S/C23H22BrN3OS2/c1-12-7-8-16(24)18(9-12)27-17-5-4-6-19(28)21(17)20(15(11-25)22(27)26)14-10-13(2)30-23(14)29-3/h7-10,20H,4-6,26H2,1-3H3. The van der Waals surface area contributed by atoms with Crippen LogP contribution in [0.1, 0.15) is 41.2 Å². The Morgan fingerprint density at radius 1 is 1.30 bits per heavy atom. The van der Waals surface area contributed by atoms with Crippen LogP contribution in [0.4, 0.5) is 5.69 Å². The quantitative estimate of drug-likeness (QED) is 0.512. The number of anilines is 1. The summed E-state index contributed by atoms with van der Waals surface area (Å²) < 4.78 is 2.02. The lowest BCUT2D eigenvalue weighted by molar-refractivity contribution is -0.116. The van der Waals surface area contributed by atoms with E-state index in [1.807, 2.05) is 36.3 Å². The molecule has 1 aliphatic carbocycles. The number of halogens is 1. The molecule has 2 aliphatic rings. The van der Waals surface area contributed by atoms with Gasteiger partial charge in [-0.15, -0.1) is 23.1 Å². The summed E-state index contributed by atoms with van der Waals surface area (Å²) in [6.45, 7) is 4.08. The molecule has 0 amide bonds. The van der Waals surface area contributed by atoms with Crippen LogP contribution in [0.3, 0.4) is 0 Å². The van der Waals surface area contributed by atoms with E-state index in [-0.39, 0.29) is 5.78 Å². The Balaban J connectivity index is 2.02. The molecule has 0 radical (unpaired) electrons. The summed E-state index contributed by atoms with van der Waals surface area (Å²) in [5.41, 5.74) is 11.8. The molecule has 4 nitrogen and oxygen atoms in total. The van der Waals surface area contributed by atoms with Gasteiger partial charge in [0.25, 0.3) is 0 Å². The van der Waals surface area contributed by atoms with Crippen LogP contribution in [-0.2, 0) is 4.79 Å². The van der Waals surface area contributed by atoms with Crippen LogP contribution >= 0.6 is 39.0 Å². The largest absolute Gasteiger partial charge is 0.384 e. The lowest BCUT2D eigenvalue weighted by atomic mass is 9.76. The van der Waals surface area contributed by atoms with Crippen molar-refractivity contribution >= 4 is 50.5 Å². The molecular formula is C23H22BrN3OS2. The zero-order valence-corrected chi connectivity index (χ0v) is 20.3. The van der Waals surface area contributed by atoms with Crippen molar-refractivity contribution in [1.29, 1.82) is 5.26 Å². The van der Waals surface area contributed by atoms with Crippen molar-refractivity contribution < 1.29 is 4.79 Å². The molecule has 4 rings (SSSR count). The van der Waals surface area contributed by atoms with E-state index in [1.54, 1.807) is 23.1 Å². The number of ketones is 1. The molecule has 7 heteroatoms. The van der Waals surface area contributed by atoms with Gasteiger partial charge in [-0.1, -0.05) is 6.07 Å². The van der Waals surface area contributed by atoms with Gasteiger partial charge in [0.05, 0.1) is 27.5 Å². The summed E-state index contributed by atoms with van der Waals surface area (Å²) in [5.74, 6) is 0.134. The van der Waals surface area contributed by atoms with E-state index in [4.69, 9.17) is 5.73 Å². The van der Waals surface area contributed by atoms with Crippen molar-refractivity contribution in [1.82, 2.24) is 0 Å². The van der Waals surface area contributed by atoms with Crippen molar-refractivity contribution in [2.75, 3.05) is 11.2 Å². The molecular weight excluding hydrogens is 478 g/mol. The fourth-order valence-electron chi connectivity index (χ4n) is 4.34. The Bertz CT molecular complexity index is 1160. The van der Waals surface area contributed by atoms with E-state index in [0.717, 1.165) is 49.6 Å². The predicted octanol–water partition coefficient (Wildman–Crippen LogP) is 6.15. The molecule has 2 N–H and O–H groups in total. The zero-order chi connectivity index (χ0) is 21.6. The number of aryl methyl sites for hydroxylation is 2. The van der Waals surface area contributed by atoms with Crippen LogP contribution in [0, 0.1) is 25.2 Å². The van der Waals surface area contributed by atoms with Crippen LogP contribution in [-0.4, -0.2) is 12.0 Å².